The average Bonchev–Trinajstić information content (AvgIpc) is 3.05. The Bertz CT molecular complexity index is 814. The zero-order chi connectivity index (χ0) is 19.6. The zero-order valence-electron chi connectivity index (χ0n) is 17.0. The van der Waals surface area contributed by atoms with Gasteiger partial charge in [-0.1, -0.05) is 43.7 Å². The number of benzene rings is 1. The van der Waals surface area contributed by atoms with Gasteiger partial charge in [-0.15, -0.1) is 0 Å². The summed E-state index contributed by atoms with van der Waals surface area (Å²) in [5.41, 5.74) is 3.22. The van der Waals surface area contributed by atoms with Crippen LogP contribution in [0.1, 0.15) is 60.1 Å². The van der Waals surface area contributed by atoms with Gasteiger partial charge >= 0.3 is 0 Å². The van der Waals surface area contributed by atoms with E-state index in [1.165, 1.54) is 12.0 Å². The molecule has 1 amide bonds. The van der Waals surface area contributed by atoms with Crippen molar-refractivity contribution in [3.63, 3.8) is 0 Å². The Morgan fingerprint density at radius 1 is 1.21 bits per heavy atom. The Balaban J connectivity index is 1.44. The van der Waals surface area contributed by atoms with E-state index in [1.807, 2.05) is 4.90 Å². The molecule has 4 rings (SSSR count). The van der Waals surface area contributed by atoms with E-state index in [4.69, 9.17) is 0 Å². The molecule has 1 aromatic heterocycles. The number of aryl methyl sites for hydroxylation is 1. The molecule has 5 heteroatoms. The number of carbonyl (C=O) groups excluding carboxylic acids is 1. The van der Waals surface area contributed by atoms with Crippen LogP contribution < -0.4 is 0 Å². The second kappa shape index (κ2) is 8.00. The molecule has 3 heterocycles. The number of hydrogen-bond acceptors (Lipinski definition) is 4. The van der Waals surface area contributed by atoms with Crippen LogP contribution in [0.5, 0.6) is 0 Å². The van der Waals surface area contributed by atoms with Crippen molar-refractivity contribution in [3.8, 4) is 0 Å². The number of carbonyl (C=O) groups is 1. The largest absolute Gasteiger partial charge is 0.338 e. The molecule has 1 atom stereocenters. The molecule has 2 saturated heterocycles. The van der Waals surface area contributed by atoms with E-state index in [2.05, 4.69) is 59.2 Å². The fraction of sp³-hybridized carbons (Fsp3) is 0.522. The van der Waals surface area contributed by atoms with Gasteiger partial charge in [0.1, 0.15) is 6.33 Å². The van der Waals surface area contributed by atoms with E-state index < -0.39 is 0 Å². The highest BCUT2D eigenvalue weighted by atomic mass is 16.2. The molecule has 0 unspecified atom stereocenters. The van der Waals surface area contributed by atoms with Crippen molar-refractivity contribution in [2.45, 2.75) is 50.5 Å². The van der Waals surface area contributed by atoms with Gasteiger partial charge in [-0.25, -0.2) is 9.97 Å². The van der Waals surface area contributed by atoms with Crippen molar-refractivity contribution >= 4 is 5.91 Å². The molecule has 148 valence electrons. The van der Waals surface area contributed by atoms with Gasteiger partial charge in [-0.2, -0.15) is 0 Å². The molecule has 0 bridgehead atoms. The monoisotopic (exact) mass is 378 g/mol. The molecule has 2 fully saturated rings. The van der Waals surface area contributed by atoms with Crippen molar-refractivity contribution in [2.75, 3.05) is 26.7 Å². The highest BCUT2D eigenvalue weighted by Crippen LogP contribution is 2.44. The number of piperidine rings is 1. The fourth-order valence-electron chi connectivity index (χ4n) is 5.00. The van der Waals surface area contributed by atoms with Gasteiger partial charge in [0, 0.05) is 31.4 Å². The Hall–Kier alpha value is -2.27. The normalized spacial score (nSPS) is 21.9. The van der Waals surface area contributed by atoms with Gasteiger partial charge in [-0.05, 0) is 44.2 Å². The van der Waals surface area contributed by atoms with E-state index in [0.29, 0.717) is 11.5 Å². The van der Waals surface area contributed by atoms with Crippen LogP contribution in [0.2, 0.25) is 0 Å². The van der Waals surface area contributed by atoms with E-state index in [0.717, 1.165) is 51.0 Å². The summed E-state index contributed by atoms with van der Waals surface area (Å²) < 4.78 is 0. The average molecular weight is 379 g/mol. The first-order valence-electron chi connectivity index (χ1n) is 10.5. The lowest BCUT2D eigenvalue weighted by Crippen LogP contribution is -2.52. The maximum Gasteiger partial charge on any atom is 0.257 e. The van der Waals surface area contributed by atoms with Crippen LogP contribution in [0.15, 0.2) is 42.9 Å². The van der Waals surface area contributed by atoms with Crippen LogP contribution >= 0.6 is 0 Å². The highest BCUT2D eigenvalue weighted by Gasteiger charge is 2.46. The summed E-state index contributed by atoms with van der Waals surface area (Å²) >= 11 is 0. The summed E-state index contributed by atoms with van der Waals surface area (Å²) in [6.45, 7) is 4.83. The van der Waals surface area contributed by atoms with Gasteiger partial charge < -0.3 is 4.90 Å². The summed E-state index contributed by atoms with van der Waals surface area (Å²) in [5, 5.41) is 0. The second-order valence-corrected chi connectivity index (χ2v) is 8.34. The van der Waals surface area contributed by atoms with Gasteiger partial charge in [-0.3, -0.25) is 9.69 Å². The van der Waals surface area contributed by atoms with E-state index >= 15 is 0 Å². The molecule has 1 spiro atoms. The number of likely N-dealkylation sites (N-methyl/N-ethyl adjacent to an activating group) is 1. The number of rotatable bonds is 4. The quantitative estimate of drug-likeness (QED) is 0.817. The lowest BCUT2D eigenvalue weighted by atomic mass is 9.81. The molecule has 0 N–H and O–H groups in total. The smallest absolute Gasteiger partial charge is 0.257 e. The standard InChI is InChI=1S/C23H30N4O/c1-3-7-21-20(15-24-17-25-21)22(28)27-12-10-23(11-13-27)14-19(16-26(23)2)18-8-5-4-6-9-18/h4-6,8-9,15,17,19H,3,7,10-14,16H2,1-2H3/t19-/m1/s1. The minimum Gasteiger partial charge on any atom is -0.338 e. The van der Waals surface area contributed by atoms with Crippen LogP contribution in [0.25, 0.3) is 0 Å². The first-order valence-corrected chi connectivity index (χ1v) is 10.5. The molecule has 1 aromatic carbocycles. The van der Waals surface area contributed by atoms with Gasteiger partial charge in [0.05, 0.1) is 11.3 Å². The third-order valence-electron chi connectivity index (χ3n) is 6.69. The maximum atomic E-state index is 13.1. The van der Waals surface area contributed by atoms with E-state index in [9.17, 15) is 4.79 Å². The van der Waals surface area contributed by atoms with Gasteiger partial charge in [0.25, 0.3) is 5.91 Å². The summed E-state index contributed by atoms with van der Waals surface area (Å²) in [4.78, 5) is 26.1. The van der Waals surface area contributed by atoms with Crippen molar-refractivity contribution in [1.29, 1.82) is 0 Å². The topological polar surface area (TPSA) is 49.3 Å². The van der Waals surface area contributed by atoms with Crippen LogP contribution in [-0.4, -0.2) is 57.9 Å². The zero-order valence-corrected chi connectivity index (χ0v) is 17.0. The molecular formula is C23H30N4O. The third-order valence-corrected chi connectivity index (χ3v) is 6.69. The predicted octanol–water partition coefficient (Wildman–Crippen LogP) is 3.52. The van der Waals surface area contributed by atoms with Gasteiger partial charge in [0.15, 0.2) is 0 Å². The highest BCUT2D eigenvalue weighted by molar-refractivity contribution is 5.95. The molecule has 0 radical (unpaired) electrons. The van der Waals surface area contributed by atoms with Crippen LogP contribution in [0, 0.1) is 0 Å². The molecule has 0 saturated carbocycles. The number of likely N-dealkylation sites (tertiary alicyclic amines) is 2. The molecule has 2 aliphatic heterocycles. The lowest BCUT2D eigenvalue weighted by Gasteiger charge is -2.43. The molecule has 28 heavy (non-hydrogen) atoms. The Morgan fingerprint density at radius 2 is 1.96 bits per heavy atom. The lowest BCUT2D eigenvalue weighted by molar-refractivity contribution is 0.0490. The molecule has 2 aromatic rings. The van der Waals surface area contributed by atoms with E-state index in [1.54, 1.807) is 12.5 Å². The minimum absolute atomic E-state index is 0.0964. The summed E-state index contributed by atoms with van der Waals surface area (Å²) in [7, 11) is 2.25. The fourth-order valence-corrected chi connectivity index (χ4v) is 5.00. The predicted molar refractivity (Wildman–Crippen MR) is 110 cm³/mol. The molecule has 2 aliphatic rings. The second-order valence-electron chi connectivity index (χ2n) is 8.34. The summed E-state index contributed by atoms with van der Waals surface area (Å²) in [5.74, 6) is 0.686. The Labute approximate surface area is 167 Å². The van der Waals surface area contributed by atoms with Gasteiger partial charge in [0.2, 0.25) is 0 Å². The van der Waals surface area contributed by atoms with E-state index in [-0.39, 0.29) is 11.4 Å². The maximum absolute atomic E-state index is 13.1. The van der Waals surface area contributed by atoms with Crippen LogP contribution in [0.4, 0.5) is 0 Å². The van der Waals surface area contributed by atoms with Crippen LogP contribution in [-0.2, 0) is 6.42 Å². The van der Waals surface area contributed by atoms with Crippen molar-refractivity contribution < 1.29 is 4.79 Å². The molecule has 0 aliphatic carbocycles. The summed E-state index contributed by atoms with van der Waals surface area (Å²) in [6.07, 6.45) is 8.30. The SMILES string of the molecule is CCCc1ncncc1C(=O)N1CCC2(CC1)C[C@@H](c1ccccc1)CN2C. The minimum atomic E-state index is 0.0964. The number of aromatic nitrogens is 2. The first kappa shape index (κ1) is 19.1. The van der Waals surface area contributed by atoms with Crippen LogP contribution in [0.3, 0.4) is 0 Å². The number of hydrogen-bond donors (Lipinski definition) is 0. The van der Waals surface area contributed by atoms with Crippen molar-refractivity contribution in [1.82, 2.24) is 19.8 Å². The number of nitrogens with zero attached hydrogens (tertiary/aromatic N) is 4. The molecule has 5 nitrogen and oxygen atoms in total. The first-order chi connectivity index (χ1) is 13.6. The molecular weight excluding hydrogens is 348 g/mol. The summed E-state index contributed by atoms with van der Waals surface area (Å²) in [6, 6.07) is 10.9. The van der Waals surface area contributed by atoms with Crippen molar-refractivity contribution in [2.24, 2.45) is 0 Å². The Morgan fingerprint density at radius 3 is 2.68 bits per heavy atom. The number of amides is 1. The van der Waals surface area contributed by atoms with Crippen molar-refractivity contribution in [3.05, 3.63) is 59.7 Å². The Kier molecular flexibility index (Phi) is 5.44. The third kappa shape index (κ3) is 3.55.